The van der Waals surface area contributed by atoms with E-state index in [0.717, 1.165) is 12.8 Å². The largest absolute Gasteiger partial charge is 0.466 e. The molecule has 0 amide bonds. The highest BCUT2D eigenvalue weighted by Crippen LogP contribution is 2.00. The van der Waals surface area contributed by atoms with Crippen LogP contribution in [0.5, 0.6) is 0 Å². The van der Waals surface area contributed by atoms with Gasteiger partial charge in [-0.15, -0.1) is 0 Å². The molecule has 0 spiro atoms. The predicted octanol–water partition coefficient (Wildman–Crippen LogP) is 1.88. The molecule has 0 radical (unpaired) electrons. The van der Waals surface area contributed by atoms with E-state index in [1.54, 1.807) is 6.92 Å². The first-order chi connectivity index (χ1) is 6.16. The molecule has 3 heteroatoms. The summed E-state index contributed by atoms with van der Waals surface area (Å²) in [4.78, 5) is 10.9. The molecule has 0 aliphatic heterocycles. The third-order valence-corrected chi connectivity index (χ3v) is 1.72. The van der Waals surface area contributed by atoms with Crippen LogP contribution in [0.2, 0.25) is 0 Å². The lowest BCUT2D eigenvalue weighted by atomic mass is 10.2. The molecule has 1 N–H and O–H groups in total. The summed E-state index contributed by atoms with van der Waals surface area (Å²) in [7, 11) is 0. The van der Waals surface area contributed by atoms with Crippen molar-refractivity contribution in [3.8, 4) is 0 Å². The van der Waals surface area contributed by atoms with Crippen molar-refractivity contribution in [2.24, 2.45) is 0 Å². The molecule has 0 aromatic heterocycles. The van der Waals surface area contributed by atoms with Crippen LogP contribution in [0.3, 0.4) is 0 Å². The summed E-state index contributed by atoms with van der Waals surface area (Å²) in [6, 6.07) is 0. The minimum atomic E-state index is -0.594. The molecule has 1 atom stereocenters. The SMILES string of the molecule is CCCCCCOC(=O)C[C@@H](C)O. The summed E-state index contributed by atoms with van der Waals surface area (Å²) >= 11 is 0. The standard InChI is InChI=1S/C10H20O3/c1-3-4-5-6-7-13-10(12)8-9(2)11/h9,11H,3-8H2,1-2H3/t9-/m1/s1. The molecule has 0 aliphatic carbocycles. The summed E-state index contributed by atoms with van der Waals surface area (Å²) in [5.74, 6) is -0.300. The molecule has 0 heterocycles. The van der Waals surface area contributed by atoms with Crippen LogP contribution in [0, 0.1) is 0 Å². The number of hydrogen-bond acceptors (Lipinski definition) is 3. The van der Waals surface area contributed by atoms with Crippen LogP contribution in [-0.2, 0) is 9.53 Å². The fourth-order valence-electron chi connectivity index (χ4n) is 1.01. The summed E-state index contributed by atoms with van der Waals surface area (Å²) in [6.45, 7) is 4.21. The topological polar surface area (TPSA) is 46.5 Å². The highest BCUT2D eigenvalue weighted by atomic mass is 16.5. The molecule has 78 valence electrons. The van der Waals surface area contributed by atoms with Gasteiger partial charge in [-0.1, -0.05) is 26.2 Å². The quantitative estimate of drug-likeness (QED) is 0.490. The number of hydrogen-bond donors (Lipinski definition) is 1. The zero-order valence-corrected chi connectivity index (χ0v) is 8.58. The second-order valence-corrected chi connectivity index (χ2v) is 3.33. The van der Waals surface area contributed by atoms with Crippen molar-refractivity contribution >= 4 is 5.97 Å². The van der Waals surface area contributed by atoms with Crippen LogP contribution in [0.15, 0.2) is 0 Å². The Morgan fingerprint density at radius 3 is 2.62 bits per heavy atom. The average Bonchev–Trinajstić information content (AvgIpc) is 2.02. The Morgan fingerprint density at radius 2 is 2.08 bits per heavy atom. The van der Waals surface area contributed by atoms with Gasteiger partial charge >= 0.3 is 5.97 Å². The van der Waals surface area contributed by atoms with Crippen molar-refractivity contribution in [1.29, 1.82) is 0 Å². The smallest absolute Gasteiger partial charge is 0.308 e. The lowest BCUT2D eigenvalue weighted by molar-refractivity contribution is -0.145. The average molecular weight is 188 g/mol. The van der Waals surface area contributed by atoms with E-state index in [2.05, 4.69) is 6.92 Å². The first kappa shape index (κ1) is 12.4. The third-order valence-electron chi connectivity index (χ3n) is 1.72. The molecule has 3 nitrogen and oxygen atoms in total. The fraction of sp³-hybridized carbons (Fsp3) is 0.900. The Kier molecular flexibility index (Phi) is 7.69. The van der Waals surface area contributed by atoms with Crippen LogP contribution >= 0.6 is 0 Å². The van der Waals surface area contributed by atoms with Crippen molar-refractivity contribution in [2.75, 3.05) is 6.61 Å². The van der Waals surface area contributed by atoms with E-state index in [-0.39, 0.29) is 12.4 Å². The lowest BCUT2D eigenvalue weighted by Gasteiger charge is -2.05. The molecule has 0 fully saturated rings. The molecule has 0 aromatic carbocycles. The Bertz CT molecular complexity index is 132. The van der Waals surface area contributed by atoms with Crippen LogP contribution in [-0.4, -0.2) is 23.8 Å². The van der Waals surface area contributed by atoms with Gasteiger partial charge < -0.3 is 9.84 Å². The molecule has 0 aromatic rings. The maximum Gasteiger partial charge on any atom is 0.308 e. The minimum Gasteiger partial charge on any atom is -0.466 e. The highest BCUT2D eigenvalue weighted by molar-refractivity contribution is 5.69. The first-order valence-corrected chi connectivity index (χ1v) is 5.00. The number of ether oxygens (including phenoxy) is 1. The van der Waals surface area contributed by atoms with Crippen LogP contribution < -0.4 is 0 Å². The van der Waals surface area contributed by atoms with E-state index in [4.69, 9.17) is 9.84 Å². The second kappa shape index (κ2) is 8.05. The van der Waals surface area contributed by atoms with Gasteiger partial charge in [0.25, 0.3) is 0 Å². The van der Waals surface area contributed by atoms with E-state index in [1.165, 1.54) is 12.8 Å². The van der Waals surface area contributed by atoms with Gasteiger partial charge in [0.2, 0.25) is 0 Å². The van der Waals surface area contributed by atoms with Crippen LogP contribution in [0.25, 0.3) is 0 Å². The molecule has 0 saturated carbocycles. The van der Waals surface area contributed by atoms with Crippen molar-refractivity contribution in [1.82, 2.24) is 0 Å². The number of aliphatic hydroxyl groups is 1. The normalized spacial score (nSPS) is 12.5. The predicted molar refractivity (Wildman–Crippen MR) is 51.4 cm³/mol. The van der Waals surface area contributed by atoms with Gasteiger partial charge in [-0.3, -0.25) is 4.79 Å². The molecule has 13 heavy (non-hydrogen) atoms. The van der Waals surface area contributed by atoms with E-state index < -0.39 is 6.10 Å². The molecule has 0 rings (SSSR count). The van der Waals surface area contributed by atoms with Crippen molar-refractivity contribution in [2.45, 2.75) is 52.1 Å². The number of carbonyl (C=O) groups is 1. The van der Waals surface area contributed by atoms with Gasteiger partial charge in [0.15, 0.2) is 0 Å². The zero-order chi connectivity index (χ0) is 10.1. The number of aliphatic hydroxyl groups excluding tert-OH is 1. The lowest BCUT2D eigenvalue weighted by Crippen LogP contribution is -2.13. The van der Waals surface area contributed by atoms with Crippen molar-refractivity contribution < 1.29 is 14.6 Å². The van der Waals surface area contributed by atoms with Crippen molar-refractivity contribution in [3.05, 3.63) is 0 Å². The van der Waals surface area contributed by atoms with Gasteiger partial charge in [-0.05, 0) is 13.3 Å². The molecular formula is C10H20O3. The second-order valence-electron chi connectivity index (χ2n) is 3.33. The van der Waals surface area contributed by atoms with E-state index in [9.17, 15) is 4.79 Å². The molecular weight excluding hydrogens is 168 g/mol. The number of esters is 1. The molecule has 0 unspecified atom stereocenters. The van der Waals surface area contributed by atoms with Gasteiger partial charge in [0.1, 0.15) is 0 Å². The number of rotatable bonds is 7. The van der Waals surface area contributed by atoms with Crippen molar-refractivity contribution in [3.63, 3.8) is 0 Å². The molecule has 0 aliphatic rings. The molecule has 0 saturated heterocycles. The highest BCUT2D eigenvalue weighted by Gasteiger charge is 2.06. The van der Waals surface area contributed by atoms with Gasteiger partial charge in [-0.25, -0.2) is 0 Å². The summed E-state index contributed by atoms with van der Waals surface area (Å²) in [5.41, 5.74) is 0. The fourth-order valence-corrected chi connectivity index (χ4v) is 1.01. The van der Waals surface area contributed by atoms with Crippen LogP contribution in [0.4, 0.5) is 0 Å². The maximum absolute atomic E-state index is 10.9. The number of carbonyl (C=O) groups excluding carboxylic acids is 1. The number of unbranched alkanes of at least 4 members (excludes halogenated alkanes) is 3. The zero-order valence-electron chi connectivity index (χ0n) is 8.58. The van der Waals surface area contributed by atoms with E-state index in [1.807, 2.05) is 0 Å². The Hall–Kier alpha value is -0.570. The Balaban J connectivity index is 3.17. The molecule has 0 bridgehead atoms. The minimum absolute atomic E-state index is 0.105. The monoisotopic (exact) mass is 188 g/mol. The van der Waals surface area contributed by atoms with E-state index in [0.29, 0.717) is 6.61 Å². The Morgan fingerprint density at radius 1 is 1.38 bits per heavy atom. The van der Waals surface area contributed by atoms with Gasteiger partial charge in [0, 0.05) is 0 Å². The third kappa shape index (κ3) is 9.34. The van der Waals surface area contributed by atoms with E-state index >= 15 is 0 Å². The summed E-state index contributed by atoms with van der Waals surface area (Å²) in [6.07, 6.45) is 3.92. The first-order valence-electron chi connectivity index (χ1n) is 5.00. The summed E-state index contributed by atoms with van der Waals surface area (Å²) < 4.78 is 4.90. The van der Waals surface area contributed by atoms with Gasteiger partial charge in [-0.2, -0.15) is 0 Å². The van der Waals surface area contributed by atoms with Crippen LogP contribution in [0.1, 0.15) is 46.0 Å². The Labute approximate surface area is 80.1 Å². The summed E-state index contributed by atoms with van der Waals surface area (Å²) in [5, 5.41) is 8.86. The van der Waals surface area contributed by atoms with Gasteiger partial charge in [0.05, 0.1) is 19.1 Å². The maximum atomic E-state index is 10.9.